The van der Waals surface area contributed by atoms with Crippen LogP contribution in [0, 0.1) is 12.7 Å². The van der Waals surface area contributed by atoms with Gasteiger partial charge in [0.15, 0.2) is 0 Å². The number of nitrogens with zero attached hydrogens (tertiary/aromatic N) is 2. The van der Waals surface area contributed by atoms with Gasteiger partial charge in [-0.3, -0.25) is 4.98 Å². The van der Waals surface area contributed by atoms with Gasteiger partial charge in [0.25, 0.3) is 0 Å². The number of amides is 1. The van der Waals surface area contributed by atoms with Crippen molar-refractivity contribution in [1.82, 2.24) is 9.88 Å². The van der Waals surface area contributed by atoms with E-state index in [1.54, 1.807) is 17.2 Å². The van der Waals surface area contributed by atoms with Crippen LogP contribution < -0.4 is 4.74 Å². The number of pyridine rings is 1. The van der Waals surface area contributed by atoms with Gasteiger partial charge in [-0.05, 0) is 93.1 Å². The molecule has 0 aliphatic carbocycles. The molecule has 0 N–H and O–H groups in total. The lowest BCUT2D eigenvalue weighted by atomic mass is 9.96. The van der Waals surface area contributed by atoms with Crippen molar-refractivity contribution >= 4 is 6.09 Å². The van der Waals surface area contributed by atoms with Crippen LogP contribution in [-0.2, 0) is 24.2 Å². The molecule has 34 heavy (non-hydrogen) atoms. The van der Waals surface area contributed by atoms with E-state index in [1.807, 2.05) is 45.9 Å². The maximum atomic E-state index is 14.2. The third-order valence-electron chi connectivity index (χ3n) is 5.76. The Hall–Kier alpha value is -3.41. The topological polar surface area (TPSA) is 51.7 Å². The quantitative estimate of drug-likeness (QED) is 0.469. The molecule has 4 rings (SSSR count). The minimum Gasteiger partial charge on any atom is -0.487 e. The minimum absolute atomic E-state index is 0.286. The van der Waals surface area contributed by atoms with Gasteiger partial charge in [0.05, 0.1) is 5.69 Å². The first kappa shape index (κ1) is 23.7. The molecule has 1 aliphatic heterocycles. The monoisotopic (exact) mass is 462 g/mol. The van der Waals surface area contributed by atoms with Crippen LogP contribution in [0.25, 0.3) is 11.1 Å². The van der Waals surface area contributed by atoms with Gasteiger partial charge in [-0.1, -0.05) is 18.2 Å². The van der Waals surface area contributed by atoms with E-state index >= 15 is 0 Å². The molecule has 6 heteroatoms. The van der Waals surface area contributed by atoms with Crippen molar-refractivity contribution in [3.05, 3.63) is 82.9 Å². The van der Waals surface area contributed by atoms with Crippen LogP contribution in [0.1, 0.15) is 43.2 Å². The van der Waals surface area contributed by atoms with Crippen LogP contribution >= 0.6 is 0 Å². The number of carbonyl (C=O) groups is 1. The molecule has 0 spiro atoms. The van der Waals surface area contributed by atoms with Gasteiger partial charge < -0.3 is 14.4 Å². The molecule has 0 atom stereocenters. The highest BCUT2D eigenvalue weighted by Gasteiger charge is 2.24. The number of halogens is 1. The Morgan fingerprint density at radius 2 is 1.79 bits per heavy atom. The lowest BCUT2D eigenvalue weighted by Crippen LogP contribution is -2.38. The predicted molar refractivity (Wildman–Crippen MR) is 130 cm³/mol. The Kier molecular flexibility index (Phi) is 6.87. The highest BCUT2D eigenvalue weighted by molar-refractivity contribution is 5.72. The van der Waals surface area contributed by atoms with Crippen molar-refractivity contribution in [3.8, 4) is 16.9 Å². The second kappa shape index (κ2) is 9.84. The lowest BCUT2D eigenvalue weighted by molar-refractivity contribution is 0.0258. The molecule has 0 saturated heterocycles. The summed E-state index contributed by atoms with van der Waals surface area (Å²) in [6, 6.07) is 14.6. The summed E-state index contributed by atoms with van der Waals surface area (Å²) in [5.74, 6) is 0.288. The number of aromatic nitrogens is 1. The van der Waals surface area contributed by atoms with Crippen LogP contribution in [0.3, 0.4) is 0 Å². The van der Waals surface area contributed by atoms with Gasteiger partial charge >= 0.3 is 6.09 Å². The van der Waals surface area contributed by atoms with Crippen molar-refractivity contribution in [2.45, 2.75) is 52.7 Å². The first-order valence-corrected chi connectivity index (χ1v) is 11.6. The maximum Gasteiger partial charge on any atom is 0.410 e. The van der Waals surface area contributed by atoms with E-state index in [2.05, 4.69) is 17.1 Å². The fourth-order valence-corrected chi connectivity index (χ4v) is 4.08. The number of hydrogen-bond donors (Lipinski definition) is 0. The van der Waals surface area contributed by atoms with Crippen LogP contribution in [-0.4, -0.2) is 34.7 Å². The van der Waals surface area contributed by atoms with Crippen molar-refractivity contribution in [1.29, 1.82) is 0 Å². The lowest BCUT2D eigenvalue weighted by Gasteiger charge is -2.26. The van der Waals surface area contributed by atoms with Gasteiger partial charge in [0.1, 0.15) is 23.8 Å². The van der Waals surface area contributed by atoms with E-state index < -0.39 is 5.60 Å². The van der Waals surface area contributed by atoms with Gasteiger partial charge in [0.2, 0.25) is 0 Å². The van der Waals surface area contributed by atoms with Gasteiger partial charge in [-0.25, -0.2) is 9.18 Å². The summed E-state index contributed by atoms with van der Waals surface area (Å²) >= 11 is 0. The molecule has 2 aromatic carbocycles. The summed E-state index contributed by atoms with van der Waals surface area (Å²) in [6.45, 7) is 9.12. The average Bonchev–Trinajstić information content (AvgIpc) is 2.99. The van der Waals surface area contributed by atoms with Crippen molar-refractivity contribution in [3.63, 3.8) is 0 Å². The van der Waals surface area contributed by atoms with Crippen molar-refractivity contribution in [2.75, 3.05) is 13.1 Å². The molecule has 1 aliphatic rings. The first-order chi connectivity index (χ1) is 16.2. The molecule has 0 bridgehead atoms. The molecule has 0 fully saturated rings. The smallest absolute Gasteiger partial charge is 0.410 e. The fraction of sp³-hybridized carbons (Fsp3) is 0.357. The summed E-state index contributed by atoms with van der Waals surface area (Å²) in [7, 11) is 0. The molecule has 3 aromatic rings. The molecule has 0 radical (unpaired) electrons. The molecule has 0 unspecified atom stereocenters. The van der Waals surface area contributed by atoms with Crippen LogP contribution in [0.15, 0.2) is 54.7 Å². The second-order valence-corrected chi connectivity index (χ2v) is 9.70. The number of benzene rings is 2. The van der Waals surface area contributed by atoms with Gasteiger partial charge in [-0.2, -0.15) is 0 Å². The highest BCUT2D eigenvalue weighted by atomic mass is 19.1. The zero-order valence-electron chi connectivity index (χ0n) is 20.2. The SMILES string of the molecule is Cc1ccnc(COc2ccc(F)cc2-c2ccc3c(c2)CCN(C(=O)OC(C)(C)C)CC3)c1. The second-order valence-electron chi connectivity index (χ2n) is 9.70. The van der Waals surface area contributed by atoms with Gasteiger partial charge in [0, 0.05) is 24.8 Å². The molecular weight excluding hydrogens is 431 g/mol. The molecule has 0 saturated carbocycles. The van der Waals surface area contributed by atoms with E-state index in [0.29, 0.717) is 37.4 Å². The normalized spacial score (nSPS) is 13.7. The highest BCUT2D eigenvalue weighted by Crippen LogP contribution is 2.33. The van der Waals surface area contributed by atoms with E-state index in [0.717, 1.165) is 28.8 Å². The molecule has 1 amide bonds. The van der Waals surface area contributed by atoms with Crippen LogP contribution in [0.5, 0.6) is 5.75 Å². The minimum atomic E-state index is -0.523. The zero-order valence-corrected chi connectivity index (χ0v) is 20.2. The number of carbonyl (C=O) groups excluding carboxylic acids is 1. The summed E-state index contributed by atoms with van der Waals surface area (Å²) in [5, 5.41) is 0. The summed E-state index contributed by atoms with van der Waals surface area (Å²) in [4.78, 5) is 18.6. The van der Waals surface area contributed by atoms with E-state index in [-0.39, 0.29) is 11.9 Å². The van der Waals surface area contributed by atoms with Crippen molar-refractivity contribution < 1.29 is 18.7 Å². The van der Waals surface area contributed by atoms with Crippen molar-refractivity contribution in [2.24, 2.45) is 0 Å². The zero-order chi connectivity index (χ0) is 24.3. The molecular formula is C28H31FN2O3. The Morgan fingerprint density at radius 3 is 2.53 bits per heavy atom. The third-order valence-corrected chi connectivity index (χ3v) is 5.76. The standard InChI is InChI=1S/C28H31FN2O3/c1-19-9-12-30-24(15-19)18-33-26-8-7-23(29)17-25(26)22-6-5-20-10-13-31(14-11-21(20)16-22)27(32)34-28(2,3)4/h5-9,12,15-17H,10-11,13-14,18H2,1-4H3. The van der Waals surface area contributed by atoms with Crippen LogP contribution in [0.2, 0.25) is 0 Å². The number of hydrogen-bond acceptors (Lipinski definition) is 4. The summed E-state index contributed by atoms with van der Waals surface area (Å²) in [6.07, 6.45) is 2.93. The van der Waals surface area contributed by atoms with Gasteiger partial charge in [-0.15, -0.1) is 0 Å². The number of rotatable bonds is 4. The number of aryl methyl sites for hydroxylation is 1. The van der Waals surface area contributed by atoms with E-state index in [1.165, 1.54) is 17.7 Å². The summed E-state index contributed by atoms with van der Waals surface area (Å²) < 4.78 is 25.8. The Morgan fingerprint density at radius 1 is 1.03 bits per heavy atom. The number of fused-ring (bicyclic) bond motifs is 1. The molecule has 1 aromatic heterocycles. The molecule has 2 heterocycles. The third kappa shape index (κ3) is 5.93. The number of ether oxygens (including phenoxy) is 2. The van der Waals surface area contributed by atoms with Crippen LogP contribution in [0.4, 0.5) is 9.18 Å². The molecule has 178 valence electrons. The Balaban J connectivity index is 1.54. The maximum absolute atomic E-state index is 14.2. The molecule has 5 nitrogen and oxygen atoms in total. The Bertz CT molecular complexity index is 1190. The van der Waals surface area contributed by atoms with E-state index in [4.69, 9.17) is 9.47 Å². The average molecular weight is 463 g/mol. The van der Waals surface area contributed by atoms with E-state index in [9.17, 15) is 9.18 Å². The summed E-state index contributed by atoms with van der Waals surface area (Å²) in [5.41, 5.74) is 5.33. The predicted octanol–water partition coefficient (Wildman–Crippen LogP) is 6.11. The largest absolute Gasteiger partial charge is 0.487 e. The Labute approximate surface area is 200 Å². The fourth-order valence-electron chi connectivity index (χ4n) is 4.08. The first-order valence-electron chi connectivity index (χ1n) is 11.6.